The van der Waals surface area contributed by atoms with Gasteiger partial charge in [-0.1, -0.05) is 23.8 Å². The van der Waals surface area contributed by atoms with E-state index in [9.17, 15) is 4.79 Å². The van der Waals surface area contributed by atoms with Crippen molar-refractivity contribution in [3.63, 3.8) is 0 Å². The summed E-state index contributed by atoms with van der Waals surface area (Å²) in [6, 6.07) is 6.63. The number of nitrogens with one attached hydrogen (secondary N) is 1. The number of aryl methyl sites for hydroxylation is 1. The average molecular weight is 354 g/mol. The zero-order valence-electron chi connectivity index (χ0n) is 16.0. The summed E-state index contributed by atoms with van der Waals surface area (Å²) >= 11 is 0. The molecule has 1 heterocycles. The molecule has 1 aliphatic heterocycles. The molecule has 1 aliphatic carbocycles. The summed E-state index contributed by atoms with van der Waals surface area (Å²) < 4.78 is 17.5. The number of carbonyl (C=O) groups excluding carboxylic acids is 1. The summed E-state index contributed by atoms with van der Waals surface area (Å²) in [7, 11) is -0.393. The number of hydrogen-bond donors (Lipinski definition) is 1. The Morgan fingerprint density at radius 1 is 1.12 bits per heavy atom. The highest BCUT2D eigenvalue weighted by Crippen LogP contribution is 2.36. The molecule has 2 aliphatic rings. The zero-order chi connectivity index (χ0) is 18.9. The van der Waals surface area contributed by atoms with E-state index >= 15 is 0 Å². The van der Waals surface area contributed by atoms with Gasteiger partial charge in [-0.2, -0.15) is 0 Å². The van der Waals surface area contributed by atoms with Gasteiger partial charge in [-0.3, -0.25) is 0 Å². The SMILES string of the molecule is Cc1cc(COC(=O)N[C]2[CH][CH][CH][CH]2)ccc1B1OC(C)(C)C(C)(C)O1. The lowest BCUT2D eigenvalue weighted by molar-refractivity contribution is 0.00578. The van der Waals surface area contributed by atoms with Crippen LogP contribution in [0, 0.1) is 38.6 Å². The van der Waals surface area contributed by atoms with Crippen LogP contribution in [0.5, 0.6) is 0 Å². The fraction of sp³-hybridized carbons (Fsp3) is 0.400. The van der Waals surface area contributed by atoms with Crippen LogP contribution in [-0.2, 0) is 20.7 Å². The molecule has 1 aromatic rings. The number of ether oxygens (including phenoxy) is 1. The average Bonchev–Trinajstić information content (AvgIpc) is 3.11. The Balaban J connectivity index is 1.58. The summed E-state index contributed by atoms with van der Waals surface area (Å²) in [6.45, 7) is 10.4. The molecule has 0 spiro atoms. The molecule has 137 valence electrons. The van der Waals surface area contributed by atoms with Gasteiger partial charge in [-0.25, -0.2) is 4.79 Å². The molecule has 0 atom stereocenters. The fourth-order valence-corrected chi connectivity index (χ4v) is 2.82. The molecule has 1 aromatic carbocycles. The van der Waals surface area contributed by atoms with Crippen molar-refractivity contribution in [1.82, 2.24) is 5.32 Å². The van der Waals surface area contributed by atoms with Crippen LogP contribution < -0.4 is 10.8 Å². The van der Waals surface area contributed by atoms with E-state index in [0.717, 1.165) is 22.6 Å². The molecule has 3 rings (SSSR count). The first-order valence-corrected chi connectivity index (χ1v) is 8.78. The smallest absolute Gasteiger partial charge is 0.445 e. The van der Waals surface area contributed by atoms with E-state index in [1.54, 1.807) is 0 Å². The van der Waals surface area contributed by atoms with E-state index in [1.165, 1.54) is 0 Å². The first-order chi connectivity index (χ1) is 12.2. The second kappa shape index (κ2) is 7.24. The molecule has 0 bridgehead atoms. The Hall–Kier alpha value is -1.53. The second-order valence-electron chi connectivity index (χ2n) is 7.65. The number of benzene rings is 1. The minimum Gasteiger partial charge on any atom is -0.445 e. The highest BCUT2D eigenvalue weighted by atomic mass is 16.7. The summed E-state index contributed by atoms with van der Waals surface area (Å²) in [5, 5.41) is 2.68. The topological polar surface area (TPSA) is 56.8 Å². The maximum atomic E-state index is 11.8. The summed E-state index contributed by atoms with van der Waals surface area (Å²) in [5.74, 6) is 0. The maximum absolute atomic E-state index is 11.8. The van der Waals surface area contributed by atoms with Gasteiger partial charge in [0.2, 0.25) is 0 Å². The molecule has 5 radical (unpaired) electrons. The van der Waals surface area contributed by atoms with Crippen LogP contribution in [-0.4, -0.2) is 24.4 Å². The van der Waals surface area contributed by atoms with Gasteiger partial charge in [-0.15, -0.1) is 0 Å². The Morgan fingerprint density at radius 3 is 2.31 bits per heavy atom. The van der Waals surface area contributed by atoms with Crippen molar-refractivity contribution in [1.29, 1.82) is 0 Å². The standard InChI is InChI=1S/C20H25BNO4/c1-14-12-15(13-24-18(23)22-16-8-6-7-9-16)10-11-17(14)21-25-19(2,3)20(4,5)26-21/h6-12H,13H2,1-5H3,(H,22,23). The highest BCUT2D eigenvalue weighted by Gasteiger charge is 2.52. The van der Waals surface area contributed by atoms with Gasteiger partial charge in [0.15, 0.2) is 0 Å². The molecule has 0 aromatic heterocycles. The van der Waals surface area contributed by atoms with Crippen LogP contribution in [0.3, 0.4) is 0 Å². The Labute approximate surface area is 156 Å². The Kier molecular flexibility index (Phi) is 5.36. The van der Waals surface area contributed by atoms with Crippen LogP contribution in [0.15, 0.2) is 18.2 Å². The van der Waals surface area contributed by atoms with Crippen molar-refractivity contribution in [3.05, 3.63) is 61.1 Å². The normalized spacial score (nSPS) is 21.8. The van der Waals surface area contributed by atoms with Crippen molar-refractivity contribution < 1.29 is 18.8 Å². The lowest BCUT2D eigenvalue weighted by Crippen LogP contribution is -2.41. The van der Waals surface area contributed by atoms with Crippen molar-refractivity contribution in [3.8, 4) is 0 Å². The van der Waals surface area contributed by atoms with Gasteiger partial charge < -0.3 is 19.4 Å². The molecule has 2 fully saturated rings. The van der Waals surface area contributed by atoms with Crippen LogP contribution in [0.25, 0.3) is 0 Å². The maximum Gasteiger partial charge on any atom is 0.495 e. The van der Waals surface area contributed by atoms with Crippen LogP contribution in [0.2, 0.25) is 0 Å². The monoisotopic (exact) mass is 354 g/mol. The van der Waals surface area contributed by atoms with Crippen LogP contribution in [0.1, 0.15) is 38.8 Å². The van der Waals surface area contributed by atoms with Gasteiger partial charge in [0.25, 0.3) is 0 Å². The highest BCUT2D eigenvalue weighted by molar-refractivity contribution is 6.62. The number of rotatable bonds is 4. The molecule has 0 unspecified atom stereocenters. The molecule has 6 heteroatoms. The predicted octanol–water partition coefficient (Wildman–Crippen LogP) is 2.88. The lowest BCUT2D eigenvalue weighted by Gasteiger charge is -2.32. The molecular weight excluding hydrogens is 329 g/mol. The molecule has 1 N–H and O–H groups in total. The first kappa shape index (κ1) is 19.2. The number of hydrogen-bond acceptors (Lipinski definition) is 4. The minimum atomic E-state index is -0.469. The predicted molar refractivity (Wildman–Crippen MR) is 101 cm³/mol. The van der Waals surface area contributed by atoms with Crippen molar-refractivity contribution in [2.75, 3.05) is 0 Å². The Bertz CT molecular complexity index is 652. The Morgan fingerprint density at radius 2 is 1.73 bits per heavy atom. The van der Waals surface area contributed by atoms with E-state index in [-0.39, 0.29) is 17.8 Å². The third-order valence-corrected chi connectivity index (χ3v) is 5.12. The van der Waals surface area contributed by atoms with Gasteiger partial charge in [0, 0.05) is 0 Å². The molecule has 1 amide bonds. The van der Waals surface area contributed by atoms with E-state index in [4.69, 9.17) is 14.0 Å². The largest absolute Gasteiger partial charge is 0.495 e. The van der Waals surface area contributed by atoms with E-state index in [1.807, 2.05) is 78.5 Å². The van der Waals surface area contributed by atoms with Crippen molar-refractivity contribution in [2.24, 2.45) is 0 Å². The van der Waals surface area contributed by atoms with Gasteiger partial charge in [0.05, 0.1) is 17.2 Å². The van der Waals surface area contributed by atoms with Crippen molar-refractivity contribution in [2.45, 2.75) is 52.4 Å². The summed E-state index contributed by atoms with van der Waals surface area (Å²) in [4.78, 5) is 11.8. The van der Waals surface area contributed by atoms with E-state index < -0.39 is 13.2 Å². The van der Waals surface area contributed by atoms with Crippen LogP contribution >= 0.6 is 0 Å². The summed E-state index contributed by atoms with van der Waals surface area (Å²) in [6.07, 6.45) is 6.86. The van der Waals surface area contributed by atoms with E-state index in [0.29, 0.717) is 0 Å². The number of alkyl carbamates (subject to hydrolysis) is 1. The third-order valence-electron chi connectivity index (χ3n) is 5.12. The van der Waals surface area contributed by atoms with Crippen LogP contribution in [0.4, 0.5) is 4.79 Å². The molecule has 26 heavy (non-hydrogen) atoms. The van der Waals surface area contributed by atoms with E-state index in [2.05, 4.69) is 5.32 Å². The molecule has 1 saturated heterocycles. The fourth-order valence-electron chi connectivity index (χ4n) is 2.82. The summed E-state index contributed by atoms with van der Waals surface area (Å²) in [5.41, 5.74) is 2.21. The van der Waals surface area contributed by atoms with Crippen molar-refractivity contribution >= 4 is 18.7 Å². The minimum absolute atomic E-state index is 0.205. The first-order valence-electron chi connectivity index (χ1n) is 8.78. The number of amides is 1. The number of carbonyl (C=O) groups is 1. The second-order valence-corrected chi connectivity index (χ2v) is 7.65. The van der Waals surface area contributed by atoms with Gasteiger partial charge >= 0.3 is 13.2 Å². The quantitative estimate of drug-likeness (QED) is 0.845. The molecule has 1 saturated carbocycles. The van der Waals surface area contributed by atoms with Gasteiger partial charge in [0.1, 0.15) is 6.61 Å². The van der Waals surface area contributed by atoms with Gasteiger partial charge in [-0.05, 0) is 71.3 Å². The zero-order valence-corrected chi connectivity index (χ0v) is 16.0. The molecular formula is C20H25BNO4. The lowest BCUT2D eigenvalue weighted by atomic mass is 9.76. The molecule has 5 nitrogen and oxygen atoms in total. The third kappa shape index (κ3) is 4.07.